The van der Waals surface area contributed by atoms with Gasteiger partial charge in [-0.2, -0.15) is 26.3 Å². The summed E-state index contributed by atoms with van der Waals surface area (Å²) in [5, 5.41) is 2.64. The van der Waals surface area contributed by atoms with E-state index in [1.165, 1.54) is 30.6 Å². The fourth-order valence-corrected chi connectivity index (χ4v) is 3.01. The number of imidazole rings is 1. The lowest BCUT2D eigenvalue weighted by atomic mass is 10.1. The highest BCUT2D eigenvalue weighted by molar-refractivity contribution is 6.05. The van der Waals surface area contributed by atoms with Gasteiger partial charge >= 0.3 is 12.4 Å². The van der Waals surface area contributed by atoms with Crippen LogP contribution in [-0.2, 0) is 12.4 Å². The largest absolute Gasteiger partial charge is 0.457 e. The van der Waals surface area contributed by atoms with Crippen LogP contribution in [0.2, 0.25) is 0 Å². The lowest BCUT2D eigenvalue weighted by Gasteiger charge is -2.15. The molecule has 4 rings (SSSR count). The Morgan fingerprint density at radius 3 is 2.06 bits per heavy atom. The average molecular weight is 465 g/mol. The second kappa shape index (κ2) is 8.15. The van der Waals surface area contributed by atoms with Crippen LogP contribution in [0.3, 0.4) is 0 Å². The number of carbonyl (C=O) groups excluding carboxylic acids is 1. The van der Waals surface area contributed by atoms with Crippen molar-refractivity contribution in [2.75, 3.05) is 5.32 Å². The molecule has 0 atom stereocenters. The van der Waals surface area contributed by atoms with Crippen LogP contribution in [0.5, 0.6) is 11.5 Å². The Morgan fingerprint density at radius 1 is 0.818 bits per heavy atom. The number of aromatic nitrogens is 2. The van der Waals surface area contributed by atoms with Crippen LogP contribution < -0.4 is 10.1 Å². The van der Waals surface area contributed by atoms with E-state index in [-0.39, 0.29) is 11.8 Å². The molecule has 170 valence electrons. The number of nitrogens with zero attached hydrogens (tertiary/aromatic N) is 1. The number of halogens is 6. The summed E-state index contributed by atoms with van der Waals surface area (Å²) in [6.07, 6.45) is -8.47. The smallest absolute Gasteiger partial charge is 0.416 e. The predicted molar refractivity (Wildman–Crippen MR) is 107 cm³/mol. The van der Waals surface area contributed by atoms with E-state index in [2.05, 4.69) is 15.3 Å². The fourth-order valence-electron chi connectivity index (χ4n) is 3.01. The predicted octanol–water partition coefficient (Wildman–Crippen LogP) is 6.65. The zero-order valence-corrected chi connectivity index (χ0v) is 16.4. The maximum Gasteiger partial charge on any atom is 0.416 e. The molecule has 0 aliphatic rings. The van der Waals surface area contributed by atoms with Crippen molar-refractivity contribution >= 4 is 22.6 Å². The third-order valence-electron chi connectivity index (χ3n) is 4.59. The van der Waals surface area contributed by atoms with Crippen LogP contribution in [0.15, 0.2) is 67.0 Å². The number of carbonyl (C=O) groups is 1. The molecule has 0 aliphatic carbocycles. The van der Waals surface area contributed by atoms with E-state index in [1.54, 1.807) is 18.2 Å². The first-order valence-corrected chi connectivity index (χ1v) is 9.31. The van der Waals surface area contributed by atoms with Crippen molar-refractivity contribution in [2.24, 2.45) is 0 Å². The minimum Gasteiger partial charge on any atom is -0.457 e. The van der Waals surface area contributed by atoms with Gasteiger partial charge in [0.05, 0.1) is 28.5 Å². The number of nitrogens with one attached hydrogen (secondary N) is 2. The summed E-state index contributed by atoms with van der Waals surface area (Å²) in [5.74, 6) is -1.06. The van der Waals surface area contributed by atoms with Crippen molar-refractivity contribution in [3.8, 4) is 11.5 Å². The Morgan fingerprint density at radius 2 is 1.45 bits per heavy atom. The summed E-state index contributed by atoms with van der Waals surface area (Å²) in [6, 6.07) is 11.3. The van der Waals surface area contributed by atoms with Crippen LogP contribution >= 0.6 is 0 Å². The highest BCUT2D eigenvalue weighted by atomic mass is 19.4. The monoisotopic (exact) mass is 465 g/mol. The molecule has 0 fully saturated rings. The number of anilines is 1. The first-order valence-electron chi connectivity index (χ1n) is 9.31. The van der Waals surface area contributed by atoms with Crippen LogP contribution in [0.25, 0.3) is 11.0 Å². The van der Waals surface area contributed by atoms with Gasteiger partial charge in [-0.05, 0) is 60.7 Å². The van der Waals surface area contributed by atoms with Gasteiger partial charge in [0, 0.05) is 11.3 Å². The highest BCUT2D eigenvalue weighted by Crippen LogP contribution is 2.39. The molecule has 1 aromatic heterocycles. The van der Waals surface area contributed by atoms with Crippen molar-refractivity contribution in [3.05, 3.63) is 83.7 Å². The maximum atomic E-state index is 13.0. The van der Waals surface area contributed by atoms with E-state index in [4.69, 9.17) is 4.74 Å². The van der Waals surface area contributed by atoms with Gasteiger partial charge in [0.2, 0.25) is 0 Å². The van der Waals surface area contributed by atoms with Crippen LogP contribution in [0, 0.1) is 0 Å². The van der Waals surface area contributed by atoms with E-state index < -0.39 is 35.1 Å². The lowest BCUT2D eigenvalue weighted by Crippen LogP contribution is -2.11. The average Bonchev–Trinajstić information content (AvgIpc) is 3.21. The third kappa shape index (κ3) is 5.08. The molecule has 4 aromatic rings. The molecule has 1 heterocycles. The second-order valence-corrected chi connectivity index (χ2v) is 6.96. The van der Waals surface area contributed by atoms with Crippen molar-refractivity contribution in [1.82, 2.24) is 9.97 Å². The number of fused-ring (bicyclic) bond motifs is 1. The third-order valence-corrected chi connectivity index (χ3v) is 4.59. The van der Waals surface area contributed by atoms with Gasteiger partial charge in [-0.25, -0.2) is 4.98 Å². The number of hydrogen-bond acceptors (Lipinski definition) is 3. The van der Waals surface area contributed by atoms with E-state index >= 15 is 0 Å². The summed E-state index contributed by atoms with van der Waals surface area (Å²) in [7, 11) is 0. The first kappa shape index (κ1) is 22.2. The number of amides is 1. The van der Waals surface area contributed by atoms with Crippen LogP contribution in [-0.4, -0.2) is 15.9 Å². The highest BCUT2D eigenvalue weighted by Gasteiger charge is 2.37. The zero-order chi connectivity index (χ0) is 23.8. The molecule has 0 unspecified atom stereocenters. The van der Waals surface area contributed by atoms with Gasteiger partial charge in [-0.3, -0.25) is 4.79 Å². The number of rotatable bonds is 4. The van der Waals surface area contributed by atoms with Gasteiger partial charge in [-0.1, -0.05) is 0 Å². The molecular formula is C22H13F6N3O2. The molecule has 11 heteroatoms. The minimum absolute atomic E-state index is 0.0145. The summed E-state index contributed by atoms with van der Waals surface area (Å²) in [6.45, 7) is 0. The summed E-state index contributed by atoms with van der Waals surface area (Å²) < 4.78 is 83.1. The zero-order valence-electron chi connectivity index (χ0n) is 16.4. The molecule has 0 saturated heterocycles. The maximum absolute atomic E-state index is 13.0. The second-order valence-electron chi connectivity index (χ2n) is 6.96. The summed E-state index contributed by atoms with van der Waals surface area (Å²) in [5.41, 5.74) is -0.897. The van der Waals surface area contributed by atoms with Gasteiger partial charge in [0.15, 0.2) is 0 Å². The number of aromatic amines is 1. The number of benzene rings is 3. The SMILES string of the molecule is O=C(Nc1ccc(Oc2cc(C(F)(F)F)cc(C(F)(F)F)c2)cc1)c1ccc2nc[nH]c2c1. The molecule has 0 saturated carbocycles. The normalized spacial score (nSPS) is 12.1. The Bertz CT molecular complexity index is 1280. The molecule has 0 bridgehead atoms. The Hall–Kier alpha value is -4.02. The van der Waals surface area contributed by atoms with Crippen LogP contribution in [0.1, 0.15) is 21.5 Å². The molecule has 33 heavy (non-hydrogen) atoms. The fraction of sp³-hybridized carbons (Fsp3) is 0.0909. The van der Waals surface area contributed by atoms with Crippen molar-refractivity contribution in [2.45, 2.75) is 12.4 Å². The van der Waals surface area contributed by atoms with Gasteiger partial charge in [-0.15, -0.1) is 0 Å². The lowest BCUT2D eigenvalue weighted by molar-refractivity contribution is -0.143. The minimum atomic E-state index is -4.98. The van der Waals surface area contributed by atoms with Gasteiger partial charge in [0.1, 0.15) is 11.5 Å². The number of alkyl halides is 6. The molecule has 0 radical (unpaired) electrons. The van der Waals surface area contributed by atoms with Crippen molar-refractivity contribution in [1.29, 1.82) is 0 Å². The van der Waals surface area contributed by atoms with Gasteiger partial charge < -0.3 is 15.0 Å². The molecule has 3 aromatic carbocycles. The molecule has 5 nitrogen and oxygen atoms in total. The van der Waals surface area contributed by atoms with Gasteiger partial charge in [0.25, 0.3) is 5.91 Å². The first-order chi connectivity index (χ1) is 15.5. The van der Waals surface area contributed by atoms with E-state index in [0.717, 1.165) is 0 Å². The number of ether oxygens (including phenoxy) is 1. The Labute approximate surface area is 182 Å². The Kier molecular flexibility index (Phi) is 5.48. The van der Waals surface area contributed by atoms with E-state index in [0.29, 0.717) is 34.4 Å². The number of H-pyrrole nitrogens is 1. The van der Waals surface area contributed by atoms with Crippen LogP contribution in [0.4, 0.5) is 32.0 Å². The summed E-state index contributed by atoms with van der Waals surface area (Å²) in [4.78, 5) is 19.4. The topological polar surface area (TPSA) is 67.0 Å². The van der Waals surface area contributed by atoms with Crippen molar-refractivity contribution in [3.63, 3.8) is 0 Å². The molecule has 0 spiro atoms. The number of hydrogen-bond donors (Lipinski definition) is 2. The quantitative estimate of drug-likeness (QED) is 0.332. The molecule has 1 amide bonds. The van der Waals surface area contributed by atoms with Crippen molar-refractivity contribution < 1.29 is 35.9 Å². The molecule has 2 N–H and O–H groups in total. The Balaban J connectivity index is 1.51. The van der Waals surface area contributed by atoms with E-state index in [9.17, 15) is 31.1 Å². The standard InChI is InChI=1S/C22H13F6N3O2/c23-21(24,25)13-8-14(22(26,27)28)10-17(9-13)33-16-4-2-15(3-5-16)31-20(32)12-1-6-18-19(7-12)30-11-29-18/h1-11H,(H,29,30)(H,31,32). The molecule has 0 aliphatic heterocycles. The molecular weight excluding hydrogens is 452 g/mol. The van der Waals surface area contributed by atoms with E-state index in [1.807, 2.05) is 0 Å². The summed E-state index contributed by atoms with van der Waals surface area (Å²) >= 11 is 0.